The van der Waals surface area contributed by atoms with Crippen LogP contribution in [0.4, 0.5) is 13.2 Å². The second-order valence-corrected chi connectivity index (χ2v) is 2.33. The Hall–Kier alpha value is -0.990. The van der Waals surface area contributed by atoms with E-state index in [0.29, 0.717) is 5.56 Å². The van der Waals surface area contributed by atoms with Gasteiger partial charge >= 0.3 is 6.18 Å². The Labute approximate surface area is 69.0 Å². The molecule has 0 atom stereocenters. The van der Waals surface area contributed by atoms with Gasteiger partial charge in [0.25, 0.3) is 0 Å². The lowest BCUT2D eigenvalue weighted by molar-refractivity contribution is -0.137. The number of hydrogen-bond donors (Lipinski definition) is 0. The summed E-state index contributed by atoms with van der Waals surface area (Å²) in [5.41, 5.74) is -0.167. The fraction of sp³-hybridized carbons (Fsp3) is 0.222. The molecule has 0 saturated heterocycles. The fourth-order valence-electron chi connectivity index (χ4n) is 0.851. The summed E-state index contributed by atoms with van der Waals surface area (Å²) < 4.78 is 36.2. The normalized spacial score (nSPS) is 11.7. The van der Waals surface area contributed by atoms with Gasteiger partial charge in [-0.3, -0.25) is 0 Å². The molecule has 0 heterocycles. The zero-order valence-electron chi connectivity index (χ0n) is 6.44. The van der Waals surface area contributed by atoms with Crippen LogP contribution in [-0.4, -0.2) is 0 Å². The van der Waals surface area contributed by atoms with Crippen LogP contribution in [-0.2, 0) is 6.18 Å². The molecule has 0 unspecified atom stereocenters. The first-order valence-corrected chi connectivity index (χ1v) is 3.39. The largest absolute Gasteiger partial charge is 0.416 e. The van der Waals surface area contributed by atoms with E-state index in [1.165, 1.54) is 6.07 Å². The molecular formula is C9H7F3. The number of alkyl halides is 3. The highest BCUT2D eigenvalue weighted by molar-refractivity contribution is 5.29. The summed E-state index contributed by atoms with van der Waals surface area (Å²) in [6.45, 7) is 1.58. The van der Waals surface area contributed by atoms with Crippen molar-refractivity contribution in [3.63, 3.8) is 0 Å². The summed E-state index contributed by atoms with van der Waals surface area (Å²) in [7, 11) is 0. The summed E-state index contributed by atoms with van der Waals surface area (Å²) in [5, 5.41) is 0. The predicted octanol–water partition coefficient (Wildman–Crippen LogP) is 3.15. The van der Waals surface area contributed by atoms with Crippen LogP contribution in [0.5, 0.6) is 0 Å². The first-order valence-electron chi connectivity index (χ1n) is 3.39. The van der Waals surface area contributed by atoms with Crippen LogP contribution < -0.4 is 0 Å². The number of rotatable bonds is 1. The van der Waals surface area contributed by atoms with Crippen LogP contribution in [0.2, 0.25) is 0 Å². The average molecular weight is 172 g/mol. The Balaban J connectivity index is 3.02. The minimum Gasteiger partial charge on any atom is -0.166 e. The molecule has 1 rings (SSSR count). The molecule has 0 amide bonds. The Morgan fingerprint density at radius 3 is 2.42 bits per heavy atom. The van der Waals surface area contributed by atoms with Gasteiger partial charge in [0.2, 0.25) is 0 Å². The predicted molar refractivity (Wildman–Crippen MR) is 39.5 cm³/mol. The van der Waals surface area contributed by atoms with E-state index in [1.807, 2.05) is 0 Å². The lowest BCUT2D eigenvalue weighted by Gasteiger charge is -2.06. The molecule has 0 nitrogen and oxygen atoms in total. The van der Waals surface area contributed by atoms with Crippen molar-refractivity contribution in [3.05, 3.63) is 41.8 Å². The second kappa shape index (κ2) is 3.17. The van der Waals surface area contributed by atoms with Gasteiger partial charge in [-0.05, 0) is 11.6 Å². The van der Waals surface area contributed by atoms with Crippen molar-refractivity contribution in [2.75, 3.05) is 0 Å². The molecule has 0 N–H and O–H groups in total. The van der Waals surface area contributed by atoms with Gasteiger partial charge in [0, 0.05) is 6.42 Å². The maximum absolute atomic E-state index is 12.1. The number of hydrogen-bond acceptors (Lipinski definition) is 0. The molecule has 0 fully saturated rings. The SMILES string of the molecule is C[C]c1cccc(C(F)(F)F)c1. The van der Waals surface area contributed by atoms with E-state index in [-0.39, 0.29) is 0 Å². The monoisotopic (exact) mass is 172 g/mol. The highest BCUT2D eigenvalue weighted by atomic mass is 19.4. The van der Waals surface area contributed by atoms with Crippen molar-refractivity contribution in [1.29, 1.82) is 0 Å². The molecule has 12 heavy (non-hydrogen) atoms. The highest BCUT2D eigenvalue weighted by Crippen LogP contribution is 2.29. The molecule has 2 radical (unpaired) electrons. The Morgan fingerprint density at radius 2 is 1.92 bits per heavy atom. The van der Waals surface area contributed by atoms with Crippen LogP contribution >= 0.6 is 0 Å². The van der Waals surface area contributed by atoms with E-state index in [0.717, 1.165) is 12.1 Å². The van der Waals surface area contributed by atoms with Gasteiger partial charge in [0.15, 0.2) is 0 Å². The van der Waals surface area contributed by atoms with Crippen LogP contribution in [0.25, 0.3) is 0 Å². The summed E-state index contributed by atoms with van der Waals surface area (Å²) in [4.78, 5) is 0. The Kier molecular flexibility index (Phi) is 2.40. The quantitative estimate of drug-likeness (QED) is 0.610. The molecule has 3 heteroatoms. The molecular weight excluding hydrogens is 165 g/mol. The minimum atomic E-state index is -4.26. The van der Waals surface area contributed by atoms with Gasteiger partial charge in [-0.1, -0.05) is 25.1 Å². The molecule has 0 aliphatic carbocycles. The van der Waals surface area contributed by atoms with Crippen molar-refractivity contribution in [1.82, 2.24) is 0 Å². The molecule has 1 aromatic carbocycles. The van der Waals surface area contributed by atoms with Gasteiger partial charge in [-0.2, -0.15) is 13.2 Å². The van der Waals surface area contributed by atoms with Crippen molar-refractivity contribution < 1.29 is 13.2 Å². The van der Waals surface area contributed by atoms with E-state index >= 15 is 0 Å². The molecule has 0 aromatic heterocycles. The second-order valence-electron chi connectivity index (χ2n) is 2.33. The third-order valence-corrected chi connectivity index (χ3v) is 1.48. The van der Waals surface area contributed by atoms with Gasteiger partial charge in [-0.15, -0.1) is 0 Å². The first kappa shape index (κ1) is 9.10. The topological polar surface area (TPSA) is 0 Å². The summed E-state index contributed by atoms with van der Waals surface area (Å²) in [5.74, 6) is 0. The molecule has 0 aliphatic heterocycles. The zero-order valence-corrected chi connectivity index (χ0v) is 6.44. The molecule has 0 aliphatic rings. The van der Waals surface area contributed by atoms with Crippen LogP contribution in [0.3, 0.4) is 0 Å². The Morgan fingerprint density at radius 1 is 1.25 bits per heavy atom. The lowest BCUT2D eigenvalue weighted by Crippen LogP contribution is -2.04. The van der Waals surface area contributed by atoms with Crippen molar-refractivity contribution in [2.24, 2.45) is 0 Å². The van der Waals surface area contributed by atoms with Gasteiger partial charge < -0.3 is 0 Å². The molecule has 0 bridgehead atoms. The molecule has 64 valence electrons. The van der Waals surface area contributed by atoms with E-state index in [9.17, 15) is 13.2 Å². The molecule has 1 aromatic rings. The van der Waals surface area contributed by atoms with Crippen molar-refractivity contribution >= 4 is 0 Å². The summed E-state index contributed by atoms with van der Waals surface area (Å²) in [6, 6.07) is 5.06. The minimum absolute atomic E-state index is 0.463. The number of halogens is 3. The van der Waals surface area contributed by atoms with Crippen LogP contribution in [0.1, 0.15) is 18.1 Å². The third-order valence-electron chi connectivity index (χ3n) is 1.48. The van der Waals surface area contributed by atoms with Gasteiger partial charge in [-0.25, -0.2) is 0 Å². The van der Waals surface area contributed by atoms with Crippen LogP contribution in [0, 0.1) is 6.42 Å². The van der Waals surface area contributed by atoms with Crippen LogP contribution in [0.15, 0.2) is 24.3 Å². The fourth-order valence-corrected chi connectivity index (χ4v) is 0.851. The zero-order chi connectivity index (χ0) is 9.19. The average Bonchev–Trinajstić information content (AvgIpc) is 2.03. The maximum Gasteiger partial charge on any atom is 0.416 e. The van der Waals surface area contributed by atoms with E-state index in [4.69, 9.17) is 0 Å². The van der Waals surface area contributed by atoms with E-state index in [1.54, 1.807) is 13.0 Å². The van der Waals surface area contributed by atoms with Gasteiger partial charge in [0.05, 0.1) is 5.56 Å². The van der Waals surface area contributed by atoms with Crippen molar-refractivity contribution in [3.8, 4) is 0 Å². The lowest BCUT2D eigenvalue weighted by atomic mass is 10.1. The number of benzene rings is 1. The third kappa shape index (κ3) is 2.00. The molecule has 0 spiro atoms. The van der Waals surface area contributed by atoms with Crippen molar-refractivity contribution in [2.45, 2.75) is 13.1 Å². The standard InChI is InChI=1S/C9H7F3/c1-2-7-4-3-5-8(6-7)9(10,11)12/h3-6H,1H3. The first-order chi connectivity index (χ1) is 5.54. The summed E-state index contributed by atoms with van der Waals surface area (Å²) in [6.07, 6.45) is -1.62. The Bertz CT molecular complexity index is 263. The highest BCUT2D eigenvalue weighted by Gasteiger charge is 2.30. The van der Waals surface area contributed by atoms with E-state index < -0.39 is 11.7 Å². The smallest absolute Gasteiger partial charge is 0.166 e. The summed E-state index contributed by atoms with van der Waals surface area (Å²) >= 11 is 0. The molecule has 0 saturated carbocycles. The van der Waals surface area contributed by atoms with Gasteiger partial charge in [0.1, 0.15) is 0 Å². The maximum atomic E-state index is 12.1. The van der Waals surface area contributed by atoms with E-state index in [2.05, 4.69) is 6.42 Å².